The van der Waals surface area contributed by atoms with Crippen LogP contribution in [0.2, 0.25) is 0 Å². The van der Waals surface area contributed by atoms with Crippen molar-refractivity contribution in [2.45, 2.75) is 13.5 Å². The summed E-state index contributed by atoms with van der Waals surface area (Å²) in [5.41, 5.74) is 3.02. The van der Waals surface area contributed by atoms with E-state index >= 15 is 0 Å². The van der Waals surface area contributed by atoms with Gasteiger partial charge in [-0.2, -0.15) is 5.10 Å². The van der Waals surface area contributed by atoms with Gasteiger partial charge in [0.2, 0.25) is 0 Å². The van der Waals surface area contributed by atoms with Crippen LogP contribution in [0, 0.1) is 6.92 Å². The maximum absolute atomic E-state index is 8.85. The molecule has 0 saturated heterocycles. The first-order chi connectivity index (χ1) is 7.31. The smallest absolute Gasteiger partial charge is 0.0927 e. The van der Waals surface area contributed by atoms with E-state index in [1.165, 1.54) is 0 Å². The van der Waals surface area contributed by atoms with E-state index < -0.39 is 0 Å². The molecule has 2 aromatic heterocycles. The summed E-state index contributed by atoms with van der Waals surface area (Å²) in [6.45, 7) is 2.63. The lowest BCUT2D eigenvalue weighted by atomic mass is 10.2. The summed E-state index contributed by atoms with van der Waals surface area (Å²) >= 11 is 0. The summed E-state index contributed by atoms with van der Waals surface area (Å²) in [6.07, 6.45) is 3.49. The van der Waals surface area contributed by atoms with Gasteiger partial charge in [-0.25, -0.2) is 0 Å². The quantitative estimate of drug-likeness (QED) is 0.816. The summed E-state index contributed by atoms with van der Waals surface area (Å²) < 4.78 is 1.80. The van der Waals surface area contributed by atoms with Crippen molar-refractivity contribution in [3.05, 3.63) is 36.3 Å². The second-order valence-electron chi connectivity index (χ2n) is 3.35. The zero-order valence-electron chi connectivity index (χ0n) is 8.59. The molecule has 0 aliphatic heterocycles. The van der Waals surface area contributed by atoms with E-state index in [0.29, 0.717) is 6.54 Å². The van der Waals surface area contributed by atoms with Gasteiger partial charge in [0.25, 0.3) is 0 Å². The van der Waals surface area contributed by atoms with Crippen molar-refractivity contribution in [3.8, 4) is 11.3 Å². The van der Waals surface area contributed by atoms with Crippen molar-refractivity contribution in [1.82, 2.24) is 14.8 Å². The fourth-order valence-electron chi connectivity index (χ4n) is 1.49. The molecule has 0 unspecified atom stereocenters. The summed E-state index contributed by atoms with van der Waals surface area (Å²) in [7, 11) is 0. The van der Waals surface area contributed by atoms with Crippen LogP contribution < -0.4 is 0 Å². The molecule has 2 heterocycles. The molecule has 0 radical (unpaired) electrons. The molecule has 1 N–H and O–H groups in total. The maximum Gasteiger partial charge on any atom is 0.0927 e. The molecule has 0 amide bonds. The van der Waals surface area contributed by atoms with E-state index in [4.69, 9.17) is 5.11 Å². The molecular formula is C11H13N3O. The monoisotopic (exact) mass is 203 g/mol. The zero-order chi connectivity index (χ0) is 10.7. The SMILES string of the molecule is Cc1cc(-c2ccncc2)nn1CCO. The molecule has 78 valence electrons. The molecule has 0 aliphatic rings. The number of hydrogen-bond acceptors (Lipinski definition) is 3. The Morgan fingerprint density at radius 3 is 2.73 bits per heavy atom. The predicted molar refractivity (Wildman–Crippen MR) is 57.3 cm³/mol. The fraction of sp³-hybridized carbons (Fsp3) is 0.273. The number of aryl methyl sites for hydroxylation is 1. The third-order valence-corrected chi connectivity index (χ3v) is 2.27. The molecule has 15 heavy (non-hydrogen) atoms. The van der Waals surface area contributed by atoms with Gasteiger partial charge in [0.15, 0.2) is 0 Å². The summed E-state index contributed by atoms with van der Waals surface area (Å²) in [5, 5.41) is 13.3. The Hall–Kier alpha value is -1.68. The topological polar surface area (TPSA) is 50.9 Å². The largest absolute Gasteiger partial charge is 0.394 e. The third-order valence-electron chi connectivity index (χ3n) is 2.27. The van der Waals surface area contributed by atoms with E-state index in [-0.39, 0.29) is 6.61 Å². The highest BCUT2D eigenvalue weighted by Crippen LogP contribution is 2.17. The highest BCUT2D eigenvalue weighted by molar-refractivity contribution is 5.58. The van der Waals surface area contributed by atoms with Crippen LogP contribution in [0.1, 0.15) is 5.69 Å². The maximum atomic E-state index is 8.85. The normalized spacial score (nSPS) is 10.5. The molecule has 4 heteroatoms. The Morgan fingerprint density at radius 2 is 2.07 bits per heavy atom. The van der Waals surface area contributed by atoms with Crippen molar-refractivity contribution in [2.24, 2.45) is 0 Å². The van der Waals surface area contributed by atoms with Gasteiger partial charge >= 0.3 is 0 Å². The minimum Gasteiger partial charge on any atom is -0.394 e. The first kappa shape index (κ1) is 9.86. The van der Waals surface area contributed by atoms with Crippen molar-refractivity contribution in [2.75, 3.05) is 6.61 Å². The minimum atomic E-state index is 0.109. The highest BCUT2D eigenvalue weighted by atomic mass is 16.3. The molecule has 0 spiro atoms. The van der Waals surface area contributed by atoms with E-state index in [0.717, 1.165) is 17.0 Å². The Morgan fingerprint density at radius 1 is 1.33 bits per heavy atom. The van der Waals surface area contributed by atoms with Crippen LogP contribution in [0.5, 0.6) is 0 Å². The summed E-state index contributed by atoms with van der Waals surface area (Å²) in [5.74, 6) is 0. The highest BCUT2D eigenvalue weighted by Gasteiger charge is 2.05. The van der Waals surface area contributed by atoms with Crippen LogP contribution in [0.3, 0.4) is 0 Å². The molecule has 4 nitrogen and oxygen atoms in total. The van der Waals surface area contributed by atoms with Gasteiger partial charge < -0.3 is 5.11 Å². The first-order valence-electron chi connectivity index (χ1n) is 4.87. The van der Waals surface area contributed by atoms with Gasteiger partial charge in [0.05, 0.1) is 18.8 Å². The molecule has 2 rings (SSSR count). The van der Waals surface area contributed by atoms with Gasteiger partial charge in [0, 0.05) is 23.7 Å². The van der Waals surface area contributed by atoms with Crippen LogP contribution >= 0.6 is 0 Å². The lowest BCUT2D eigenvalue weighted by molar-refractivity contribution is 0.268. The molecular weight excluding hydrogens is 190 g/mol. The molecule has 0 aliphatic carbocycles. The Labute approximate surface area is 88.2 Å². The van der Waals surface area contributed by atoms with Crippen molar-refractivity contribution >= 4 is 0 Å². The summed E-state index contributed by atoms with van der Waals surface area (Å²) in [6, 6.07) is 5.85. The lowest BCUT2D eigenvalue weighted by Crippen LogP contribution is -2.05. The molecule has 2 aromatic rings. The van der Waals surface area contributed by atoms with Crippen LogP contribution in [0.4, 0.5) is 0 Å². The van der Waals surface area contributed by atoms with E-state index in [1.54, 1.807) is 17.1 Å². The number of pyridine rings is 1. The molecule has 0 bridgehead atoms. The molecule has 0 aromatic carbocycles. The van der Waals surface area contributed by atoms with Crippen LogP contribution in [-0.2, 0) is 6.54 Å². The standard InChI is InChI=1S/C11H13N3O/c1-9-8-11(13-14(9)6-7-15)10-2-4-12-5-3-10/h2-5,8,15H,6-7H2,1H3. The Kier molecular flexibility index (Phi) is 2.78. The number of hydrogen-bond donors (Lipinski definition) is 1. The second kappa shape index (κ2) is 4.23. The van der Waals surface area contributed by atoms with E-state index in [1.807, 2.05) is 25.1 Å². The average Bonchev–Trinajstić information content (AvgIpc) is 2.63. The van der Waals surface area contributed by atoms with Crippen molar-refractivity contribution in [3.63, 3.8) is 0 Å². The number of aliphatic hydroxyl groups is 1. The number of aliphatic hydroxyl groups excluding tert-OH is 1. The van der Waals surface area contributed by atoms with Crippen molar-refractivity contribution in [1.29, 1.82) is 0 Å². The molecule has 0 saturated carbocycles. The molecule has 0 fully saturated rings. The predicted octanol–water partition coefficient (Wildman–Crippen LogP) is 1.25. The van der Waals surface area contributed by atoms with Gasteiger partial charge in [-0.15, -0.1) is 0 Å². The van der Waals surface area contributed by atoms with Crippen LogP contribution in [0.25, 0.3) is 11.3 Å². The van der Waals surface area contributed by atoms with Gasteiger partial charge in [-0.1, -0.05) is 0 Å². The van der Waals surface area contributed by atoms with Gasteiger partial charge in [0.1, 0.15) is 0 Å². The summed E-state index contributed by atoms with van der Waals surface area (Å²) in [4.78, 5) is 3.96. The average molecular weight is 203 g/mol. The van der Waals surface area contributed by atoms with Gasteiger partial charge in [-0.05, 0) is 25.1 Å². The van der Waals surface area contributed by atoms with Crippen LogP contribution in [0.15, 0.2) is 30.6 Å². The number of rotatable bonds is 3. The Bertz CT molecular complexity index is 436. The first-order valence-corrected chi connectivity index (χ1v) is 4.87. The number of nitrogens with zero attached hydrogens (tertiary/aromatic N) is 3. The second-order valence-corrected chi connectivity index (χ2v) is 3.35. The fourth-order valence-corrected chi connectivity index (χ4v) is 1.49. The number of aromatic nitrogens is 3. The van der Waals surface area contributed by atoms with E-state index in [2.05, 4.69) is 10.1 Å². The Balaban J connectivity index is 2.34. The lowest BCUT2D eigenvalue weighted by Gasteiger charge is -1.99. The van der Waals surface area contributed by atoms with Gasteiger partial charge in [-0.3, -0.25) is 9.67 Å². The molecule has 0 atom stereocenters. The zero-order valence-corrected chi connectivity index (χ0v) is 8.59. The van der Waals surface area contributed by atoms with Crippen molar-refractivity contribution < 1.29 is 5.11 Å². The third kappa shape index (κ3) is 2.05. The van der Waals surface area contributed by atoms with Crippen LogP contribution in [-0.4, -0.2) is 26.5 Å². The minimum absolute atomic E-state index is 0.109. The van der Waals surface area contributed by atoms with E-state index in [9.17, 15) is 0 Å².